The normalized spacial score (nSPS) is 10.4. The summed E-state index contributed by atoms with van der Waals surface area (Å²) in [7, 11) is 0. The molecule has 0 atom stereocenters. The van der Waals surface area contributed by atoms with Crippen molar-refractivity contribution >= 4 is 28.9 Å². The van der Waals surface area contributed by atoms with E-state index in [0.29, 0.717) is 6.54 Å². The van der Waals surface area contributed by atoms with Crippen LogP contribution >= 0.6 is 11.6 Å². The number of hydrogen-bond acceptors (Lipinski definition) is 3. The maximum absolute atomic E-state index is 11.1. The monoisotopic (exact) mass is 332 g/mol. The molecule has 0 unspecified atom stereocenters. The quantitative estimate of drug-likeness (QED) is 0.784. The second-order valence-electron chi connectivity index (χ2n) is 5.19. The van der Waals surface area contributed by atoms with Crippen molar-refractivity contribution in [1.29, 1.82) is 0 Å². The molecule has 0 amide bonds. The number of benzene rings is 2. The highest BCUT2D eigenvalue weighted by molar-refractivity contribution is 6.33. The minimum atomic E-state index is -1.03. The summed E-state index contributed by atoms with van der Waals surface area (Å²) < 4.78 is 0. The number of carboxylic acids is 1. The first-order valence-corrected chi connectivity index (χ1v) is 8.03. The van der Waals surface area contributed by atoms with E-state index >= 15 is 0 Å². The van der Waals surface area contributed by atoms with Crippen molar-refractivity contribution in [3.05, 3.63) is 58.6 Å². The molecule has 23 heavy (non-hydrogen) atoms. The molecule has 0 fully saturated rings. The molecule has 0 radical (unpaired) electrons. The molecule has 2 rings (SSSR count). The van der Waals surface area contributed by atoms with E-state index in [1.165, 1.54) is 5.69 Å². The third-order valence-electron chi connectivity index (χ3n) is 3.76. The van der Waals surface area contributed by atoms with E-state index in [1.807, 2.05) is 0 Å². The number of nitrogens with one attached hydrogen (secondary N) is 1. The van der Waals surface area contributed by atoms with Gasteiger partial charge in [0.25, 0.3) is 0 Å². The first kappa shape index (κ1) is 17.2. The molecule has 2 aromatic carbocycles. The number of anilines is 2. The summed E-state index contributed by atoms with van der Waals surface area (Å²) in [6.45, 7) is 6.87. The summed E-state index contributed by atoms with van der Waals surface area (Å²) in [4.78, 5) is 13.4. The Balaban J connectivity index is 2.04. The van der Waals surface area contributed by atoms with Gasteiger partial charge in [0.05, 0.1) is 10.6 Å². The van der Waals surface area contributed by atoms with Crippen LogP contribution in [0.15, 0.2) is 42.5 Å². The highest BCUT2D eigenvalue weighted by Crippen LogP contribution is 2.21. The summed E-state index contributed by atoms with van der Waals surface area (Å²) in [6, 6.07) is 13.3. The van der Waals surface area contributed by atoms with Crippen LogP contribution in [0, 0.1) is 0 Å². The van der Waals surface area contributed by atoms with Crippen LogP contribution in [0.4, 0.5) is 11.4 Å². The van der Waals surface area contributed by atoms with E-state index in [-0.39, 0.29) is 10.6 Å². The third kappa shape index (κ3) is 4.39. The lowest BCUT2D eigenvalue weighted by Gasteiger charge is -2.21. The van der Waals surface area contributed by atoms with E-state index in [1.54, 1.807) is 18.2 Å². The van der Waals surface area contributed by atoms with Crippen molar-refractivity contribution in [1.82, 2.24) is 0 Å². The van der Waals surface area contributed by atoms with Crippen LogP contribution in [0.3, 0.4) is 0 Å². The van der Waals surface area contributed by atoms with Crippen LogP contribution < -0.4 is 10.2 Å². The van der Waals surface area contributed by atoms with Gasteiger partial charge in [0.2, 0.25) is 0 Å². The molecule has 0 aliphatic carbocycles. The maximum atomic E-state index is 11.1. The highest BCUT2D eigenvalue weighted by atomic mass is 35.5. The molecule has 2 N–H and O–H groups in total. The van der Waals surface area contributed by atoms with Gasteiger partial charge in [-0.1, -0.05) is 23.7 Å². The van der Waals surface area contributed by atoms with E-state index in [0.717, 1.165) is 24.3 Å². The van der Waals surface area contributed by atoms with Gasteiger partial charge < -0.3 is 15.3 Å². The molecule has 0 aliphatic heterocycles. The Bertz CT molecular complexity index is 667. The second kappa shape index (κ2) is 7.88. The van der Waals surface area contributed by atoms with E-state index in [2.05, 4.69) is 48.3 Å². The van der Waals surface area contributed by atoms with Crippen LogP contribution in [0.1, 0.15) is 29.8 Å². The first-order valence-electron chi connectivity index (χ1n) is 7.65. The zero-order valence-corrected chi connectivity index (χ0v) is 14.1. The van der Waals surface area contributed by atoms with Crippen molar-refractivity contribution in [3.63, 3.8) is 0 Å². The molecule has 0 bridgehead atoms. The summed E-state index contributed by atoms with van der Waals surface area (Å²) in [5.74, 6) is -1.03. The number of hydrogen-bond donors (Lipinski definition) is 2. The van der Waals surface area contributed by atoms with Crippen molar-refractivity contribution in [3.8, 4) is 0 Å². The van der Waals surface area contributed by atoms with Crippen LogP contribution in [0.5, 0.6) is 0 Å². The van der Waals surface area contributed by atoms with Crippen LogP contribution in [-0.2, 0) is 6.54 Å². The van der Waals surface area contributed by atoms with E-state index in [9.17, 15) is 4.79 Å². The number of carboxylic acid groups (broad SMARTS) is 1. The summed E-state index contributed by atoms with van der Waals surface area (Å²) in [5, 5.41) is 12.6. The van der Waals surface area contributed by atoms with Gasteiger partial charge in [0.15, 0.2) is 0 Å². The average Bonchev–Trinajstić information content (AvgIpc) is 2.56. The average molecular weight is 333 g/mol. The molecule has 0 saturated heterocycles. The van der Waals surface area contributed by atoms with Gasteiger partial charge >= 0.3 is 5.97 Å². The van der Waals surface area contributed by atoms with Gasteiger partial charge in [-0.05, 0) is 49.7 Å². The molecule has 5 heteroatoms. The van der Waals surface area contributed by atoms with Crippen molar-refractivity contribution in [2.24, 2.45) is 0 Å². The fraction of sp³-hybridized carbons (Fsp3) is 0.278. The Labute approximate surface area is 141 Å². The highest BCUT2D eigenvalue weighted by Gasteiger charge is 2.09. The molecule has 0 saturated carbocycles. The summed E-state index contributed by atoms with van der Waals surface area (Å²) in [5.41, 5.74) is 3.18. The number of halogens is 1. The van der Waals surface area contributed by atoms with Gasteiger partial charge in [0, 0.05) is 31.0 Å². The third-order valence-corrected chi connectivity index (χ3v) is 4.09. The topological polar surface area (TPSA) is 52.6 Å². The fourth-order valence-electron chi connectivity index (χ4n) is 2.42. The molecule has 0 aliphatic rings. The molecule has 122 valence electrons. The lowest BCUT2D eigenvalue weighted by Crippen LogP contribution is -2.21. The van der Waals surface area contributed by atoms with Gasteiger partial charge in [-0.3, -0.25) is 0 Å². The number of aromatic carboxylic acids is 1. The molecule has 4 nitrogen and oxygen atoms in total. The molecule has 0 spiro atoms. The number of rotatable bonds is 7. The molecule has 0 aromatic heterocycles. The van der Waals surface area contributed by atoms with Crippen LogP contribution in [0.25, 0.3) is 0 Å². The van der Waals surface area contributed by atoms with Crippen LogP contribution in [0.2, 0.25) is 5.02 Å². The molecule has 0 heterocycles. The molecular weight excluding hydrogens is 312 g/mol. The molecular formula is C18H21ClN2O2. The first-order chi connectivity index (χ1) is 11.0. The minimum absolute atomic E-state index is 0.105. The minimum Gasteiger partial charge on any atom is -0.478 e. The maximum Gasteiger partial charge on any atom is 0.337 e. The summed E-state index contributed by atoms with van der Waals surface area (Å²) in [6.07, 6.45) is 0. The molecule has 2 aromatic rings. The van der Waals surface area contributed by atoms with Gasteiger partial charge in [0.1, 0.15) is 0 Å². The standard InChI is InChI=1S/C18H21ClN2O2/c1-3-21(4-2)15-8-5-13(6-9-15)12-20-14-7-10-17(19)16(11-14)18(22)23/h5-11,20H,3-4,12H2,1-2H3,(H,22,23). The number of nitrogens with zero attached hydrogens (tertiary/aromatic N) is 1. The Hall–Kier alpha value is -2.20. The smallest absolute Gasteiger partial charge is 0.337 e. The fourth-order valence-corrected chi connectivity index (χ4v) is 2.62. The van der Waals surface area contributed by atoms with Crippen molar-refractivity contribution in [2.75, 3.05) is 23.3 Å². The Morgan fingerprint density at radius 3 is 2.35 bits per heavy atom. The summed E-state index contributed by atoms with van der Waals surface area (Å²) >= 11 is 5.87. The van der Waals surface area contributed by atoms with Gasteiger partial charge in [-0.2, -0.15) is 0 Å². The Kier molecular flexibility index (Phi) is 5.88. The SMILES string of the molecule is CCN(CC)c1ccc(CNc2ccc(Cl)c(C(=O)O)c2)cc1. The zero-order chi connectivity index (χ0) is 16.8. The van der Waals surface area contributed by atoms with Crippen LogP contribution in [-0.4, -0.2) is 24.2 Å². The predicted octanol–water partition coefficient (Wildman–Crippen LogP) is 4.50. The lowest BCUT2D eigenvalue weighted by molar-refractivity contribution is 0.0697. The van der Waals surface area contributed by atoms with Gasteiger partial charge in [-0.25, -0.2) is 4.79 Å². The zero-order valence-electron chi connectivity index (χ0n) is 13.3. The van der Waals surface area contributed by atoms with Crippen molar-refractivity contribution in [2.45, 2.75) is 20.4 Å². The van der Waals surface area contributed by atoms with E-state index < -0.39 is 5.97 Å². The second-order valence-corrected chi connectivity index (χ2v) is 5.60. The van der Waals surface area contributed by atoms with Gasteiger partial charge in [-0.15, -0.1) is 0 Å². The Morgan fingerprint density at radius 2 is 1.78 bits per heavy atom. The van der Waals surface area contributed by atoms with E-state index in [4.69, 9.17) is 16.7 Å². The Morgan fingerprint density at radius 1 is 1.13 bits per heavy atom. The lowest BCUT2D eigenvalue weighted by atomic mass is 10.1. The van der Waals surface area contributed by atoms with Crippen molar-refractivity contribution < 1.29 is 9.90 Å². The largest absolute Gasteiger partial charge is 0.478 e. The number of carbonyl (C=O) groups is 1. The predicted molar refractivity (Wildman–Crippen MR) is 95.7 cm³/mol.